The Morgan fingerprint density at radius 2 is 1.83 bits per heavy atom. The molecule has 0 aliphatic heterocycles. The summed E-state index contributed by atoms with van der Waals surface area (Å²) in [5.41, 5.74) is 1.94. The Bertz CT molecular complexity index is 545. The maximum Gasteiger partial charge on any atom is 0.158 e. The third-order valence-electron chi connectivity index (χ3n) is 2.56. The van der Waals surface area contributed by atoms with Gasteiger partial charge in [0.05, 0.1) is 0 Å². The van der Waals surface area contributed by atoms with Gasteiger partial charge >= 0.3 is 0 Å². The van der Waals surface area contributed by atoms with E-state index in [2.05, 4.69) is 6.07 Å². The minimum absolute atomic E-state index is 0.0160. The normalized spacial score (nSPS) is 10.5. The van der Waals surface area contributed by atoms with Crippen molar-refractivity contribution in [2.45, 2.75) is 6.54 Å². The van der Waals surface area contributed by atoms with E-state index in [1.165, 1.54) is 0 Å². The summed E-state index contributed by atoms with van der Waals surface area (Å²) in [6, 6.07) is 20.1. The van der Waals surface area contributed by atoms with Crippen molar-refractivity contribution in [2.24, 2.45) is 0 Å². The van der Waals surface area contributed by atoms with Crippen LogP contribution in [-0.2, 0) is 17.2 Å². The second-order valence-electron chi connectivity index (χ2n) is 3.92. The van der Waals surface area contributed by atoms with Crippen molar-refractivity contribution in [3.8, 4) is 0 Å². The van der Waals surface area contributed by atoms with Crippen LogP contribution < -0.4 is 4.90 Å². The number of hydrogen-bond donors (Lipinski definition) is 1. The molecule has 0 saturated heterocycles. The molecule has 0 fully saturated rings. The standard InChI is InChI=1S/C14H14NO2S/c16-18(17)12-15(14-9-5-2-6-10-14)11-13-7-3-1-4-8-13/h1-5,7-10,18H,11-12H2. The van der Waals surface area contributed by atoms with E-state index in [1.807, 2.05) is 47.4 Å². The molecule has 0 aliphatic carbocycles. The molecule has 2 aromatic carbocycles. The number of thiol groups is 1. The van der Waals surface area contributed by atoms with Crippen LogP contribution in [0.3, 0.4) is 0 Å². The molecule has 0 N–H and O–H groups in total. The van der Waals surface area contributed by atoms with Gasteiger partial charge in [0.25, 0.3) is 0 Å². The Hall–Kier alpha value is -1.81. The number of rotatable bonds is 5. The van der Waals surface area contributed by atoms with Gasteiger partial charge in [-0.3, -0.25) is 0 Å². The quantitative estimate of drug-likeness (QED) is 0.836. The van der Waals surface area contributed by atoms with Crippen LogP contribution in [0.1, 0.15) is 5.56 Å². The number of hydrogen-bond acceptors (Lipinski definition) is 3. The average molecular weight is 260 g/mol. The van der Waals surface area contributed by atoms with Crippen LogP contribution in [0.15, 0.2) is 54.6 Å². The van der Waals surface area contributed by atoms with Gasteiger partial charge in [0.2, 0.25) is 0 Å². The van der Waals surface area contributed by atoms with Crippen molar-refractivity contribution in [2.75, 3.05) is 10.8 Å². The molecule has 4 heteroatoms. The van der Waals surface area contributed by atoms with Gasteiger partial charge in [0.15, 0.2) is 10.7 Å². The molecule has 0 atom stereocenters. The van der Waals surface area contributed by atoms with E-state index in [-0.39, 0.29) is 5.88 Å². The number of benzene rings is 2. The minimum atomic E-state index is -2.45. The molecular formula is C14H14NO2S. The van der Waals surface area contributed by atoms with E-state index in [1.54, 1.807) is 12.1 Å². The molecule has 1 radical (unpaired) electrons. The molecule has 0 amide bonds. The highest BCUT2D eigenvalue weighted by Gasteiger charge is 2.07. The Balaban J connectivity index is 2.21. The molecule has 2 rings (SSSR count). The third-order valence-corrected chi connectivity index (χ3v) is 3.13. The zero-order chi connectivity index (χ0) is 12.8. The summed E-state index contributed by atoms with van der Waals surface area (Å²) >= 11 is 0. The Morgan fingerprint density at radius 3 is 2.44 bits per heavy atom. The lowest BCUT2D eigenvalue weighted by Crippen LogP contribution is -2.24. The molecule has 0 saturated carbocycles. The summed E-state index contributed by atoms with van der Waals surface area (Å²) in [4.78, 5) is 1.82. The second-order valence-corrected chi connectivity index (χ2v) is 4.87. The highest BCUT2D eigenvalue weighted by atomic mass is 32.2. The Labute approximate surface area is 109 Å². The fraction of sp³-hybridized carbons (Fsp3) is 0.143. The summed E-state index contributed by atoms with van der Waals surface area (Å²) < 4.78 is 21.9. The van der Waals surface area contributed by atoms with Crippen molar-refractivity contribution >= 4 is 16.4 Å². The van der Waals surface area contributed by atoms with Gasteiger partial charge in [-0.1, -0.05) is 42.5 Å². The van der Waals surface area contributed by atoms with Gasteiger partial charge in [-0.15, -0.1) is 0 Å². The van der Waals surface area contributed by atoms with Crippen LogP contribution in [0.25, 0.3) is 0 Å². The molecule has 0 unspecified atom stereocenters. The zero-order valence-corrected chi connectivity index (χ0v) is 10.7. The molecule has 0 bridgehead atoms. The fourth-order valence-electron chi connectivity index (χ4n) is 1.75. The first kappa shape index (κ1) is 12.6. The van der Waals surface area contributed by atoms with Crippen LogP contribution in [0.2, 0.25) is 0 Å². The predicted molar refractivity (Wildman–Crippen MR) is 73.1 cm³/mol. The lowest BCUT2D eigenvalue weighted by molar-refractivity contribution is 0.611. The molecule has 0 aliphatic rings. The summed E-state index contributed by atoms with van der Waals surface area (Å²) in [7, 11) is -2.45. The fourth-order valence-corrected chi connectivity index (χ4v) is 2.29. The van der Waals surface area contributed by atoms with Gasteiger partial charge in [0, 0.05) is 12.2 Å². The van der Waals surface area contributed by atoms with Crippen molar-refractivity contribution in [1.29, 1.82) is 0 Å². The smallest absolute Gasteiger partial charge is 0.158 e. The number of anilines is 1. The second kappa shape index (κ2) is 6.21. The first-order valence-corrected chi connectivity index (χ1v) is 6.99. The van der Waals surface area contributed by atoms with Crippen LogP contribution >= 0.6 is 0 Å². The van der Waals surface area contributed by atoms with Crippen molar-refractivity contribution in [3.05, 3.63) is 66.2 Å². The molecule has 0 heterocycles. The molecular weight excluding hydrogens is 246 g/mol. The van der Waals surface area contributed by atoms with Crippen LogP contribution in [0.5, 0.6) is 0 Å². The van der Waals surface area contributed by atoms with E-state index in [4.69, 9.17) is 0 Å². The summed E-state index contributed by atoms with van der Waals surface area (Å²) in [6.45, 7) is 0.571. The molecule has 18 heavy (non-hydrogen) atoms. The van der Waals surface area contributed by atoms with Crippen LogP contribution in [-0.4, -0.2) is 14.3 Å². The summed E-state index contributed by atoms with van der Waals surface area (Å²) in [6.07, 6.45) is 0. The van der Waals surface area contributed by atoms with E-state index >= 15 is 0 Å². The molecule has 0 spiro atoms. The van der Waals surface area contributed by atoms with Crippen LogP contribution in [0, 0.1) is 6.07 Å². The maximum atomic E-state index is 11.0. The van der Waals surface area contributed by atoms with Gasteiger partial charge in [-0.2, -0.15) is 0 Å². The largest absolute Gasteiger partial charge is 0.353 e. The van der Waals surface area contributed by atoms with Crippen molar-refractivity contribution in [3.63, 3.8) is 0 Å². The topological polar surface area (TPSA) is 37.4 Å². The van der Waals surface area contributed by atoms with E-state index < -0.39 is 10.7 Å². The molecule has 3 nitrogen and oxygen atoms in total. The SMILES string of the molecule is O=[SH](=O)CN(Cc1ccccc1)c1c[c]ccc1. The highest BCUT2D eigenvalue weighted by molar-refractivity contribution is 7.72. The lowest BCUT2D eigenvalue weighted by atomic mass is 10.2. The van der Waals surface area contributed by atoms with Crippen molar-refractivity contribution in [1.82, 2.24) is 0 Å². The maximum absolute atomic E-state index is 11.0. The summed E-state index contributed by atoms with van der Waals surface area (Å²) in [5, 5.41) is 0. The zero-order valence-electron chi connectivity index (χ0n) is 9.82. The first-order valence-electron chi connectivity index (χ1n) is 5.62. The van der Waals surface area contributed by atoms with E-state index in [0.29, 0.717) is 6.54 Å². The van der Waals surface area contributed by atoms with Crippen molar-refractivity contribution < 1.29 is 8.42 Å². The lowest BCUT2D eigenvalue weighted by Gasteiger charge is -2.22. The van der Waals surface area contributed by atoms with Gasteiger partial charge in [-0.05, 0) is 23.8 Å². The van der Waals surface area contributed by atoms with E-state index in [9.17, 15) is 8.42 Å². The Morgan fingerprint density at radius 1 is 1.06 bits per heavy atom. The van der Waals surface area contributed by atoms with Gasteiger partial charge in [-0.25, -0.2) is 8.42 Å². The predicted octanol–water partition coefficient (Wildman–Crippen LogP) is 2.06. The van der Waals surface area contributed by atoms with Gasteiger partial charge in [0.1, 0.15) is 5.88 Å². The first-order chi connectivity index (χ1) is 8.75. The van der Waals surface area contributed by atoms with E-state index in [0.717, 1.165) is 11.3 Å². The average Bonchev–Trinajstić information content (AvgIpc) is 2.40. The van der Waals surface area contributed by atoms with Crippen LogP contribution in [0.4, 0.5) is 5.69 Å². The molecule has 0 aromatic heterocycles. The number of nitrogens with zero attached hydrogens (tertiary/aromatic N) is 1. The summed E-state index contributed by atoms with van der Waals surface area (Å²) in [5.74, 6) is 0.0160. The molecule has 93 valence electrons. The monoisotopic (exact) mass is 260 g/mol. The molecule has 2 aromatic rings. The highest BCUT2D eigenvalue weighted by Crippen LogP contribution is 2.16. The minimum Gasteiger partial charge on any atom is -0.353 e. The third kappa shape index (κ3) is 3.60. The van der Waals surface area contributed by atoms with Gasteiger partial charge < -0.3 is 4.90 Å². The Kier molecular flexibility index (Phi) is 4.36.